The Kier molecular flexibility index (Phi) is 4.27. The van der Waals surface area contributed by atoms with E-state index in [1.165, 1.54) is 12.1 Å². The largest absolute Gasteiger partial charge is 0.481 e. The molecule has 5 rings (SSSR count). The van der Waals surface area contributed by atoms with Crippen LogP contribution in [0.3, 0.4) is 0 Å². The minimum atomic E-state index is -0.815. The average molecular weight is 407 g/mol. The Morgan fingerprint density at radius 1 is 1.33 bits per heavy atom. The Hall–Kier alpha value is -3.35. The van der Waals surface area contributed by atoms with Crippen LogP contribution in [0.4, 0.5) is 10.4 Å². The molecule has 0 fully saturated rings. The minimum Gasteiger partial charge on any atom is -0.481 e. The number of carboxylic acid groups (broad SMARTS) is 1. The number of likely N-dealkylation sites (N-methyl/N-ethyl adjacent to an activating group) is 1. The number of oxazole rings is 1. The molecule has 3 heterocycles. The van der Waals surface area contributed by atoms with Crippen LogP contribution in [-0.2, 0) is 24.2 Å². The lowest BCUT2D eigenvalue weighted by atomic mass is 9.99. The molecule has 0 aliphatic carbocycles. The van der Waals surface area contributed by atoms with E-state index < -0.39 is 5.97 Å². The maximum absolute atomic E-state index is 13.5. The Balaban J connectivity index is 1.52. The van der Waals surface area contributed by atoms with Crippen LogP contribution in [0.25, 0.3) is 22.0 Å². The highest BCUT2D eigenvalue weighted by atomic mass is 19.1. The molecular formula is C23H22FN3O3. The summed E-state index contributed by atoms with van der Waals surface area (Å²) in [5.74, 6) is -1.16. The number of benzene rings is 2. The number of fused-ring (bicyclic) bond motifs is 4. The number of hydrogen-bond donors (Lipinski definition) is 1. The summed E-state index contributed by atoms with van der Waals surface area (Å²) in [6.07, 6.45) is 1.66. The molecule has 6 nitrogen and oxygen atoms in total. The number of rotatable bonds is 4. The van der Waals surface area contributed by atoms with Gasteiger partial charge >= 0.3 is 5.97 Å². The van der Waals surface area contributed by atoms with Crippen LogP contribution in [-0.4, -0.2) is 33.7 Å². The quantitative estimate of drug-likeness (QED) is 0.546. The number of halogens is 1. The van der Waals surface area contributed by atoms with Crippen molar-refractivity contribution >= 4 is 34.0 Å². The molecule has 0 radical (unpaired) electrons. The van der Waals surface area contributed by atoms with Crippen molar-refractivity contribution in [2.24, 2.45) is 0 Å². The highest BCUT2D eigenvalue weighted by molar-refractivity contribution is 5.90. The predicted molar refractivity (Wildman–Crippen MR) is 112 cm³/mol. The van der Waals surface area contributed by atoms with Crippen molar-refractivity contribution in [3.8, 4) is 0 Å². The molecule has 0 saturated heterocycles. The summed E-state index contributed by atoms with van der Waals surface area (Å²) in [5.41, 5.74) is 5.25. The maximum atomic E-state index is 13.5. The molecule has 2 aromatic heterocycles. The normalized spacial score (nSPS) is 16.2. The van der Waals surface area contributed by atoms with E-state index in [-0.39, 0.29) is 18.3 Å². The monoisotopic (exact) mass is 407 g/mol. The van der Waals surface area contributed by atoms with Crippen LogP contribution >= 0.6 is 0 Å². The van der Waals surface area contributed by atoms with Crippen molar-refractivity contribution in [3.05, 3.63) is 59.0 Å². The van der Waals surface area contributed by atoms with Gasteiger partial charge in [-0.25, -0.2) is 4.39 Å². The van der Waals surface area contributed by atoms with Crippen LogP contribution in [0.5, 0.6) is 0 Å². The average Bonchev–Trinajstić information content (AvgIpc) is 3.26. The molecule has 1 aliphatic heterocycles. The number of carbonyl (C=O) groups is 1. The zero-order chi connectivity index (χ0) is 21.0. The molecule has 1 aliphatic rings. The van der Waals surface area contributed by atoms with Gasteiger partial charge in [0.05, 0.1) is 12.5 Å². The molecule has 1 N–H and O–H groups in total. The van der Waals surface area contributed by atoms with E-state index in [2.05, 4.69) is 27.8 Å². The number of nitrogens with zero attached hydrogens (tertiary/aromatic N) is 3. The first-order chi connectivity index (χ1) is 14.4. The number of aryl methyl sites for hydroxylation is 1. The third-order valence-corrected chi connectivity index (χ3v) is 6.07. The fourth-order valence-electron chi connectivity index (χ4n) is 4.55. The number of aromatic nitrogens is 2. The Labute approximate surface area is 172 Å². The first-order valence-corrected chi connectivity index (χ1v) is 10.0. The third kappa shape index (κ3) is 3.01. The van der Waals surface area contributed by atoms with Gasteiger partial charge in [-0.05, 0) is 49.6 Å². The summed E-state index contributed by atoms with van der Waals surface area (Å²) >= 11 is 0. The van der Waals surface area contributed by atoms with Gasteiger partial charge in [-0.15, -0.1) is 0 Å². The maximum Gasteiger partial charge on any atom is 0.307 e. The van der Waals surface area contributed by atoms with Gasteiger partial charge in [-0.1, -0.05) is 11.6 Å². The van der Waals surface area contributed by atoms with Gasteiger partial charge in [0.2, 0.25) is 0 Å². The van der Waals surface area contributed by atoms with Crippen LogP contribution in [0.15, 0.2) is 40.8 Å². The predicted octanol–water partition coefficient (Wildman–Crippen LogP) is 4.31. The van der Waals surface area contributed by atoms with Gasteiger partial charge in [0.15, 0.2) is 5.58 Å². The van der Waals surface area contributed by atoms with E-state index in [0.717, 1.165) is 40.6 Å². The van der Waals surface area contributed by atoms with E-state index in [0.29, 0.717) is 23.7 Å². The van der Waals surface area contributed by atoms with Gasteiger partial charge in [-0.3, -0.25) is 4.79 Å². The minimum absolute atomic E-state index is 0.0273. The van der Waals surface area contributed by atoms with Crippen molar-refractivity contribution in [2.45, 2.75) is 38.8 Å². The standard InChI is InChI=1S/C23H22FN3O3/c1-13-3-6-19-16(9-13)17(11-22(28)29)20-7-5-15(12-27(19)20)26(2)23-25-18-10-14(24)4-8-21(18)30-23/h3-4,6,8-10,15H,5,7,11-12H2,1-2H3,(H,28,29). The molecule has 1 unspecified atom stereocenters. The van der Waals surface area contributed by atoms with Crippen LogP contribution < -0.4 is 4.90 Å². The van der Waals surface area contributed by atoms with Crippen LogP contribution in [0.2, 0.25) is 0 Å². The summed E-state index contributed by atoms with van der Waals surface area (Å²) in [5, 5.41) is 10.4. The molecule has 4 aromatic rings. The van der Waals surface area contributed by atoms with Crippen molar-refractivity contribution < 1.29 is 18.7 Å². The van der Waals surface area contributed by atoms with Gasteiger partial charge in [-0.2, -0.15) is 4.98 Å². The Morgan fingerprint density at radius 3 is 2.97 bits per heavy atom. The molecule has 1 atom stereocenters. The van der Waals surface area contributed by atoms with Crippen molar-refractivity contribution in [1.29, 1.82) is 0 Å². The highest BCUT2D eigenvalue weighted by Crippen LogP contribution is 2.34. The lowest BCUT2D eigenvalue weighted by Gasteiger charge is -2.32. The first kappa shape index (κ1) is 18.7. The van der Waals surface area contributed by atoms with E-state index >= 15 is 0 Å². The molecule has 0 bridgehead atoms. The summed E-state index contributed by atoms with van der Waals surface area (Å²) < 4.78 is 21.6. The summed E-state index contributed by atoms with van der Waals surface area (Å²) in [6.45, 7) is 2.73. The molecule has 0 amide bonds. The van der Waals surface area contributed by atoms with Crippen molar-refractivity contribution in [1.82, 2.24) is 9.55 Å². The molecule has 30 heavy (non-hydrogen) atoms. The van der Waals surface area contributed by atoms with Gasteiger partial charge in [0.1, 0.15) is 11.3 Å². The zero-order valence-electron chi connectivity index (χ0n) is 16.9. The Bertz CT molecular complexity index is 1290. The fourth-order valence-corrected chi connectivity index (χ4v) is 4.55. The third-order valence-electron chi connectivity index (χ3n) is 6.07. The SMILES string of the molecule is Cc1ccc2c(c1)c(CC(=O)O)c1n2CC(N(C)c2nc3cc(F)ccc3o2)CC1. The molecule has 0 saturated carbocycles. The molecule has 7 heteroatoms. The summed E-state index contributed by atoms with van der Waals surface area (Å²) in [6, 6.07) is 11.1. The molecule has 0 spiro atoms. The van der Waals surface area contributed by atoms with E-state index in [1.54, 1.807) is 6.07 Å². The smallest absolute Gasteiger partial charge is 0.307 e. The number of carboxylic acids is 1. The second-order valence-corrected chi connectivity index (χ2v) is 8.04. The Morgan fingerprint density at radius 2 is 2.17 bits per heavy atom. The number of anilines is 1. The number of hydrogen-bond acceptors (Lipinski definition) is 4. The van der Waals surface area contributed by atoms with Crippen LogP contribution in [0.1, 0.15) is 23.2 Å². The lowest BCUT2D eigenvalue weighted by molar-refractivity contribution is -0.136. The lowest BCUT2D eigenvalue weighted by Crippen LogP contribution is -2.39. The van der Waals surface area contributed by atoms with Gasteiger partial charge in [0.25, 0.3) is 6.01 Å². The first-order valence-electron chi connectivity index (χ1n) is 10.0. The van der Waals surface area contributed by atoms with Crippen LogP contribution in [0, 0.1) is 12.7 Å². The van der Waals surface area contributed by atoms with Crippen molar-refractivity contribution in [3.63, 3.8) is 0 Å². The second-order valence-electron chi connectivity index (χ2n) is 8.04. The van der Waals surface area contributed by atoms with E-state index in [9.17, 15) is 14.3 Å². The molecule has 2 aromatic carbocycles. The van der Waals surface area contributed by atoms with Crippen molar-refractivity contribution in [2.75, 3.05) is 11.9 Å². The van der Waals surface area contributed by atoms with Gasteiger partial charge < -0.3 is 19.0 Å². The van der Waals surface area contributed by atoms with E-state index in [1.807, 2.05) is 18.9 Å². The van der Waals surface area contributed by atoms with E-state index in [4.69, 9.17) is 4.42 Å². The number of aliphatic carboxylic acids is 1. The second kappa shape index (κ2) is 6.86. The summed E-state index contributed by atoms with van der Waals surface area (Å²) in [7, 11) is 1.94. The fraction of sp³-hybridized carbons (Fsp3) is 0.304. The highest BCUT2D eigenvalue weighted by Gasteiger charge is 2.29. The van der Waals surface area contributed by atoms with Gasteiger partial charge in [0, 0.05) is 36.3 Å². The zero-order valence-corrected chi connectivity index (χ0v) is 16.9. The topological polar surface area (TPSA) is 71.5 Å². The summed E-state index contributed by atoms with van der Waals surface area (Å²) in [4.78, 5) is 17.9. The molecular weight excluding hydrogens is 385 g/mol. The molecule has 154 valence electrons.